The van der Waals surface area contributed by atoms with Crippen molar-refractivity contribution < 1.29 is 19.2 Å². The Bertz CT molecular complexity index is 517. The van der Waals surface area contributed by atoms with E-state index in [9.17, 15) is 14.4 Å². The van der Waals surface area contributed by atoms with Crippen LogP contribution in [0.15, 0.2) is 23.8 Å². The minimum atomic E-state index is -0.568. The Kier molecular flexibility index (Phi) is 5.16. The van der Waals surface area contributed by atoms with E-state index in [1.807, 2.05) is 12.2 Å². The van der Waals surface area contributed by atoms with Gasteiger partial charge in [-0.1, -0.05) is 32.1 Å². The molecule has 1 saturated heterocycles. The number of hydroxylamine groups is 2. The van der Waals surface area contributed by atoms with Gasteiger partial charge >= 0.3 is 5.97 Å². The molecule has 2 aliphatic rings. The van der Waals surface area contributed by atoms with Gasteiger partial charge in [0.25, 0.3) is 11.8 Å². The summed E-state index contributed by atoms with van der Waals surface area (Å²) in [5.41, 5.74) is 0.879. The average Bonchev–Trinajstić information content (AvgIpc) is 2.78. The normalized spacial score (nSPS) is 23.0. The summed E-state index contributed by atoms with van der Waals surface area (Å²) in [5, 5.41) is 0.605. The van der Waals surface area contributed by atoms with Crippen molar-refractivity contribution >= 4 is 17.8 Å². The third kappa shape index (κ3) is 3.84. The van der Waals surface area contributed by atoms with E-state index in [1.54, 1.807) is 6.92 Å². The molecule has 0 radical (unpaired) electrons. The minimum Gasteiger partial charge on any atom is -0.330 e. The van der Waals surface area contributed by atoms with E-state index in [4.69, 9.17) is 4.84 Å². The van der Waals surface area contributed by atoms with Gasteiger partial charge in [-0.15, -0.1) is 5.06 Å². The molecule has 2 rings (SSSR count). The lowest BCUT2D eigenvalue weighted by Gasteiger charge is -2.21. The van der Waals surface area contributed by atoms with Crippen molar-refractivity contribution in [1.82, 2.24) is 5.06 Å². The van der Waals surface area contributed by atoms with Gasteiger partial charge in [0, 0.05) is 12.8 Å². The Hall–Kier alpha value is -1.91. The summed E-state index contributed by atoms with van der Waals surface area (Å²) >= 11 is 0. The number of imide groups is 1. The fourth-order valence-electron chi connectivity index (χ4n) is 2.75. The lowest BCUT2D eigenvalue weighted by atomic mass is 9.86. The molecule has 5 nitrogen and oxygen atoms in total. The van der Waals surface area contributed by atoms with Gasteiger partial charge in [0.2, 0.25) is 0 Å². The van der Waals surface area contributed by atoms with Gasteiger partial charge in [-0.05, 0) is 37.2 Å². The molecule has 1 aliphatic heterocycles. The molecule has 120 valence electrons. The van der Waals surface area contributed by atoms with E-state index in [0.29, 0.717) is 16.9 Å². The SMILES string of the molecule is CC(C)CC1C=CC(C(C)C(=O)ON2C(=O)CCC2=O)=CC1. The molecule has 0 aromatic carbocycles. The topological polar surface area (TPSA) is 63.7 Å². The smallest absolute Gasteiger partial charge is 0.330 e. The first-order valence-electron chi connectivity index (χ1n) is 7.84. The van der Waals surface area contributed by atoms with Crippen molar-refractivity contribution in [2.45, 2.75) is 46.5 Å². The first kappa shape index (κ1) is 16.5. The van der Waals surface area contributed by atoms with Crippen LogP contribution in [0.4, 0.5) is 0 Å². The Balaban J connectivity index is 1.92. The van der Waals surface area contributed by atoms with E-state index in [1.165, 1.54) is 0 Å². The van der Waals surface area contributed by atoms with Crippen LogP contribution < -0.4 is 0 Å². The average molecular weight is 305 g/mol. The Morgan fingerprint density at radius 3 is 2.41 bits per heavy atom. The minimum absolute atomic E-state index is 0.111. The van der Waals surface area contributed by atoms with E-state index >= 15 is 0 Å². The van der Waals surface area contributed by atoms with Crippen LogP contribution in [-0.2, 0) is 19.2 Å². The number of rotatable bonds is 5. The molecule has 1 aliphatic carbocycles. The largest absolute Gasteiger partial charge is 0.340 e. The molecule has 22 heavy (non-hydrogen) atoms. The zero-order valence-electron chi connectivity index (χ0n) is 13.4. The Morgan fingerprint density at radius 2 is 1.91 bits per heavy atom. The first-order valence-corrected chi connectivity index (χ1v) is 7.84. The highest BCUT2D eigenvalue weighted by Gasteiger charge is 2.34. The lowest BCUT2D eigenvalue weighted by molar-refractivity contribution is -0.199. The maximum atomic E-state index is 12.1. The van der Waals surface area contributed by atoms with E-state index in [0.717, 1.165) is 18.4 Å². The Morgan fingerprint density at radius 1 is 1.27 bits per heavy atom. The number of nitrogens with zero attached hydrogens (tertiary/aromatic N) is 1. The fourth-order valence-corrected chi connectivity index (χ4v) is 2.75. The third-order valence-electron chi connectivity index (χ3n) is 4.03. The highest BCUT2D eigenvalue weighted by Crippen LogP contribution is 2.27. The first-order chi connectivity index (χ1) is 10.4. The molecule has 0 N–H and O–H groups in total. The number of hydrogen-bond acceptors (Lipinski definition) is 4. The summed E-state index contributed by atoms with van der Waals surface area (Å²) in [6, 6.07) is 0. The van der Waals surface area contributed by atoms with E-state index < -0.39 is 23.7 Å². The van der Waals surface area contributed by atoms with Gasteiger partial charge in [0.15, 0.2) is 0 Å². The molecule has 2 amide bonds. The molecule has 0 aromatic heterocycles. The molecule has 0 spiro atoms. The van der Waals surface area contributed by atoms with Crippen LogP contribution in [0.3, 0.4) is 0 Å². The van der Waals surface area contributed by atoms with Crippen LogP contribution in [0.1, 0.15) is 46.5 Å². The maximum absolute atomic E-state index is 12.1. The predicted octanol–water partition coefficient (Wildman–Crippen LogP) is 2.78. The zero-order valence-corrected chi connectivity index (χ0v) is 13.4. The summed E-state index contributed by atoms with van der Waals surface area (Å²) in [5.74, 6) is -0.807. The van der Waals surface area contributed by atoms with Crippen molar-refractivity contribution in [1.29, 1.82) is 0 Å². The number of carbonyl (C=O) groups is 3. The lowest BCUT2D eigenvalue weighted by Crippen LogP contribution is -2.34. The fraction of sp³-hybridized carbons (Fsp3) is 0.588. The highest BCUT2D eigenvalue weighted by molar-refractivity contribution is 6.01. The maximum Gasteiger partial charge on any atom is 0.340 e. The van der Waals surface area contributed by atoms with Crippen LogP contribution in [0.25, 0.3) is 0 Å². The van der Waals surface area contributed by atoms with Crippen LogP contribution >= 0.6 is 0 Å². The number of carbonyl (C=O) groups excluding carboxylic acids is 3. The predicted molar refractivity (Wildman–Crippen MR) is 81.1 cm³/mol. The van der Waals surface area contributed by atoms with Gasteiger partial charge in [0.1, 0.15) is 0 Å². The van der Waals surface area contributed by atoms with Gasteiger partial charge in [-0.2, -0.15) is 0 Å². The summed E-state index contributed by atoms with van der Waals surface area (Å²) in [4.78, 5) is 40.0. The summed E-state index contributed by atoms with van der Waals surface area (Å²) < 4.78 is 0. The molecule has 0 aromatic rings. The van der Waals surface area contributed by atoms with Crippen molar-refractivity contribution in [3.8, 4) is 0 Å². The van der Waals surface area contributed by atoms with Gasteiger partial charge in [-0.3, -0.25) is 9.59 Å². The van der Waals surface area contributed by atoms with Gasteiger partial charge in [-0.25, -0.2) is 4.79 Å². The second-order valence-corrected chi connectivity index (χ2v) is 6.40. The molecular formula is C17H23NO4. The second kappa shape index (κ2) is 6.90. The standard InChI is InChI=1S/C17H23NO4/c1-11(2)10-13-4-6-14(7-5-13)12(3)17(21)22-18-15(19)8-9-16(18)20/h4,6-7,11-13H,5,8-10H2,1-3H3. The van der Waals surface area contributed by atoms with Crippen molar-refractivity contribution in [2.75, 3.05) is 0 Å². The van der Waals surface area contributed by atoms with Crippen molar-refractivity contribution in [2.24, 2.45) is 17.8 Å². The highest BCUT2D eigenvalue weighted by atomic mass is 16.7. The van der Waals surface area contributed by atoms with Gasteiger partial charge in [0.05, 0.1) is 5.92 Å². The molecular weight excluding hydrogens is 282 g/mol. The van der Waals surface area contributed by atoms with Gasteiger partial charge < -0.3 is 4.84 Å². The number of amides is 2. The molecule has 2 atom stereocenters. The molecule has 1 heterocycles. The summed E-state index contributed by atoms with van der Waals surface area (Å²) in [6.45, 7) is 6.11. The molecule has 5 heteroatoms. The van der Waals surface area contributed by atoms with Crippen LogP contribution in [-0.4, -0.2) is 22.8 Å². The quantitative estimate of drug-likeness (QED) is 0.733. The molecule has 0 bridgehead atoms. The van der Waals surface area contributed by atoms with Crippen LogP contribution in [0.5, 0.6) is 0 Å². The molecule has 1 fully saturated rings. The monoisotopic (exact) mass is 305 g/mol. The Labute approximate surface area is 130 Å². The van der Waals surface area contributed by atoms with Crippen LogP contribution in [0.2, 0.25) is 0 Å². The summed E-state index contributed by atoms with van der Waals surface area (Å²) in [6.07, 6.45) is 8.38. The second-order valence-electron chi connectivity index (χ2n) is 6.40. The number of allylic oxidation sites excluding steroid dienone is 3. The number of hydrogen-bond donors (Lipinski definition) is 0. The summed E-state index contributed by atoms with van der Waals surface area (Å²) in [7, 11) is 0. The van der Waals surface area contributed by atoms with Crippen molar-refractivity contribution in [3.05, 3.63) is 23.8 Å². The zero-order chi connectivity index (χ0) is 16.3. The van der Waals surface area contributed by atoms with E-state index in [2.05, 4.69) is 19.9 Å². The van der Waals surface area contributed by atoms with Crippen LogP contribution in [0, 0.1) is 17.8 Å². The van der Waals surface area contributed by atoms with E-state index in [-0.39, 0.29) is 12.8 Å². The molecule has 0 saturated carbocycles. The molecule has 2 unspecified atom stereocenters. The van der Waals surface area contributed by atoms with Crippen molar-refractivity contribution in [3.63, 3.8) is 0 Å². The third-order valence-corrected chi connectivity index (χ3v) is 4.03.